The molecule has 6 heteroatoms. The third-order valence-corrected chi connectivity index (χ3v) is 4.22. The molecule has 0 unspecified atom stereocenters. The van der Waals surface area contributed by atoms with Gasteiger partial charge in [-0.2, -0.15) is 0 Å². The number of benzene rings is 2. The van der Waals surface area contributed by atoms with Crippen LogP contribution in [-0.2, 0) is 11.2 Å². The fraction of sp³-hybridized carbons (Fsp3) is 0.0909. The third kappa shape index (κ3) is 5.59. The minimum atomic E-state index is -0.410. The van der Waals surface area contributed by atoms with Gasteiger partial charge in [-0.15, -0.1) is 0 Å². The molecular weight excluding hydrogens is 376 g/mol. The molecule has 0 spiro atoms. The minimum Gasteiger partial charge on any atom is -0.465 e. The van der Waals surface area contributed by atoms with Crippen LogP contribution in [0.1, 0.15) is 21.7 Å². The normalized spacial score (nSPS) is 11.1. The van der Waals surface area contributed by atoms with E-state index in [1.807, 2.05) is 30.3 Å². The highest BCUT2D eigenvalue weighted by Crippen LogP contribution is 2.11. The molecule has 3 rings (SSSR count). The molecule has 1 heterocycles. The van der Waals surface area contributed by atoms with Gasteiger partial charge < -0.3 is 15.1 Å². The van der Waals surface area contributed by atoms with Gasteiger partial charge in [0, 0.05) is 23.2 Å². The molecule has 5 nitrogen and oxygen atoms in total. The highest BCUT2D eigenvalue weighted by molar-refractivity contribution is 6.30. The van der Waals surface area contributed by atoms with E-state index < -0.39 is 11.8 Å². The van der Waals surface area contributed by atoms with Crippen LogP contribution >= 0.6 is 11.6 Å². The number of carbonyl (C=O) groups is 2. The first kappa shape index (κ1) is 19.5. The first-order valence-corrected chi connectivity index (χ1v) is 9.14. The summed E-state index contributed by atoms with van der Waals surface area (Å²) in [5.41, 5.74) is 1.61. The van der Waals surface area contributed by atoms with Gasteiger partial charge in [0.1, 0.15) is 11.5 Å². The lowest BCUT2D eigenvalue weighted by Crippen LogP contribution is -2.35. The minimum absolute atomic E-state index is 0.1000. The molecule has 2 N–H and O–H groups in total. The number of rotatable bonds is 7. The van der Waals surface area contributed by atoms with Gasteiger partial charge in [-0.05, 0) is 48.4 Å². The van der Waals surface area contributed by atoms with Crippen molar-refractivity contribution in [3.8, 4) is 0 Å². The van der Waals surface area contributed by atoms with E-state index in [1.54, 1.807) is 36.4 Å². The molecule has 1 aromatic heterocycles. The average Bonchev–Trinajstić information content (AvgIpc) is 3.22. The zero-order valence-electron chi connectivity index (χ0n) is 15.0. The van der Waals surface area contributed by atoms with Crippen LogP contribution in [0.2, 0.25) is 5.02 Å². The molecule has 142 valence electrons. The molecule has 0 aliphatic carbocycles. The Hall–Kier alpha value is -3.31. The summed E-state index contributed by atoms with van der Waals surface area (Å²) in [7, 11) is 0. The van der Waals surface area contributed by atoms with E-state index in [0.29, 0.717) is 29.3 Å². The first-order valence-electron chi connectivity index (χ1n) is 8.76. The zero-order chi connectivity index (χ0) is 19.8. The van der Waals surface area contributed by atoms with E-state index in [0.717, 1.165) is 5.56 Å². The smallest absolute Gasteiger partial charge is 0.267 e. The molecule has 0 atom stereocenters. The van der Waals surface area contributed by atoms with Crippen LogP contribution in [0.5, 0.6) is 0 Å². The van der Waals surface area contributed by atoms with Gasteiger partial charge in [-0.25, -0.2) is 0 Å². The number of hydrogen-bond acceptors (Lipinski definition) is 3. The molecular formula is C22H19ClN2O3. The quantitative estimate of drug-likeness (QED) is 0.593. The van der Waals surface area contributed by atoms with Crippen LogP contribution in [-0.4, -0.2) is 18.4 Å². The van der Waals surface area contributed by atoms with Crippen molar-refractivity contribution in [2.24, 2.45) is 0 Å². The van der Waals surface area contributed by atoms with Crippen LogP contribution in [0, 0.1) is 0 Å². The van der Waals surface area contributed by atoms with Crippen LogP contribution in [0.3, 0.4) is 0 Å². The van der Waals surface area contributed by atoms with Crippen molar-refractivity contribution in [3.63, 3.8) is 0 Å². The molecule has 2 amide bonds. The molecule has 0 saturated heterocycles. The summed E-state index contributed by atoms with van der Waals surface area (Å²) in [6, 6.07) is 19.7. The second-order valence-corrected chi connectivity index (χ2v) is 6.46. The third-order valence-electron chi connectivity index (χ3n) is 3.97. The zero-order valence-corrected chi connectivity index (χ0v) is 15.8. The Morgan fingerprint density at radius 2 is 1.71 bits per heavy atom. The van der Waals surface area contributed by atoms with E-state index in [9.17, 15) is 9.59 Å². The molecule has 0 saturated carbocycles. The molecule has 0 radical (unpaired) electrons. The van der Waals surface area contributed by atoms with E-state index in [-0.39, 0.29) is 5.70 Å². The van der Waals surface area contributed by atoms with Crippen molar-refractivity contribution in [1.29, 1.82) is 0 Å². The van der Waals surface area contributed by atoms with Gasteiger partial charge in [0.05, 0.1) is 6.26 Å². The first-order chi connectivity index (χ1) is 13.6. The van der Waals surface area contributed by atoms with E-state index >= 15 is 0 Å². The summed E-state index contributed by atoms with van der Waals surface area (Å²) in [6.45, 7) is 0.440. The van der Waals surface area contributed by atoms with Crippen LogP contribution in [0.4, 0.5) is 0 Å². The number of furan rings is 1. The maximum atomic E-state index is 12.6. The van der Waals surface area contributed by atoms with Gasteiger partial charge in [-0.3, -0.25) is 9.59 Å². The van der Waals surface area contributed by atoms with Gasteiger partial charge in [-0.1, -0.05) is 41.9 Å². The largest absolute Gasteiger partial charge is 0.465 e. The second kappa shape index (κ2) is 9.58. The van der Waals surface area contributed by atoms with Crippen molar-refractivity contribution in [2.45, 2.75) is 6.42 Å². The molecule has 28 heavy (non-hydrogen) atoms. The fourth-order valence-corrected chi connectivity index (χ4v) is 2.66. The highest BCUT2D eigenvalue weighted by Gasteiger charge is 2.15. The summed E-state index contributed by atoms with van der Waals surface area (Å²) >= 11 is 5.86. The number of hydrogen-bond donors (Lipinski definition) is 2. The van der Waals surface area contributed by atoms with Gasteiger partial charge in [0.25, 0.3) is 11.8 Å². The second-order valence-electron chi connectivity index (χ2n) is 6.03. The number of nitrogens with one attached hydrogen (secondary N) is 2. The van der Waals surface area contributed by atoms with Crippen molar-refractivity contribution in [2.75, 3.05) is 6.54 Å². The van der Waals surface area contributed by atoms with Crippen molar-refractivity contribution in [3.05, 3.63) is 101 Å². The summed E-state index contributed by atoms with van der Waals surface area (Å²) < 4.78 is 5.27. The predicted octanol–water partition coefficient (Wildman–Crippen LogP) is 4.06. The molecule has 0 bridgehead atoms. The Morgan fingerprint density at radius 3 is 2.39 bits per heavy atom. The predicted molar refractivity (Wildman–Crippen MR) is 109 cm³/mol. The molecule has 0 aliphatic rings. The van der Waals surface area contributed by atoms with E-state index in [1.165, 1.54) is 12.3 Å². The maximum Gasteiger partial charge on any atom is 0.267 e. The van der Waals surface area contributed by atoms with Gasteiger partial charge in [0.2, 0.25) is 0 Å². The van der Waals surface area contributed by atoms with Crippen LogP contribution in [0.25, 0.3) is 6.08 Å². The topological polar surface area (TPSA) is 71.3 Å². The average molecular weight is 395 g/mol. The summed E-state index contributed by atoms with van der Waals surface area (Å²) in [5.74, 6) is -0.341. The number of halogens is 1. The Labute approximate surface area is 168 Å². The summed E-state index contributed by atoms with van der Waals surface area (Å²) in [4.78, 5) is 25.1. The van der Waals surface area contributed by atoms with Gasteiger partial charge in [0.15, 0.2) is 0 Å². The van der Waals surface area contributed by atoms with E-state index in [2.05, 4.69) is 10.6 Å². The van der Waals surface area contributed by atoms with Crippen molar-refractivity contribution in [1.82, 2.24) is 10.6 Å². The maximum absolute atomic E-state index is 12.6. The standard InChI is InChI=1S/C22H19ClN2O3/c23-18-10-8-17(9-11-18)21(26)25-20(15-19-7-4-14-28-19)22(27)24-13-12-16-5-2-1-3-6-16/h1-11,14-15H,12-13H2,(H,24,27)(H,25,26)/b20-15+. The van der Waals surface area contributed by atoms with Crippen LogP contribution in [0.15, 0.2) is 83.1 Å². The number of carbonyl (C=O) groups excluding carboxylic acids is 2. The van der Waals surface area contributed by atoms with Crippen molar-refractivity contribution < 1.29 is 14.0 Å². The Balaban J connectivity index is 1.68. The Kier molecular flexibility index (Phi) is 6.65. The SMILES string of the molecule is O=C(NCCc1ccccc1)/C(=C\c1ccco1)NC(=O)c1ccc(Cl)cc1. The van der Waals surface area contributed by atoms with Crippen molar-refractivity contribution >= 4 is 29.5 Å². The number of amides is 2. The Morgan fingerprint density at radius 1 is 0.964 bits per heavy atom. The van der Waals surface area contributed by atoms with Gasteiger partial charge >= 0.3 is 0 Å². The lowest BCUT2D eigenvalue weighted by molar-refractivity contribution is -0.117. The summed E-state index contributed by atoms with van der Waals surface area (Å²) in [5, 5.41) is 6.00. The lowest BCUT2D eigenvalue weighted by atomic mass is 10.1. The summed E-state index contributed by atoms with van der Waals surface area (Å²) in [6.07, 6.45) is 3.68. The molecule has 3 aromatic rings. The Bertz CT molecular complexity index is 949. The van der Waals surface area contributed by atoms with E-state index in [4.69, 9.17) is 16.0 Å². The molecule has 2 aromatic carbocycles. The molecule has 0 aliphatic heterocycles. The fourth-order valence-electron chi connectivity index (χ4n) is 2.53. The lowest BCUT2D eigenvalue weighted by Gasteiger charge is -2.11. The molecule has 0 fully saturated rings. The monoisotopic (exact) mass is 394 g/mol. The highest BCUT2D eigenvalue weighted by atomic mass is 35.5. The van der Waals surface area contributed by atoms with Crippen LogP contribution < -0.4 is 10.6 Å².